The average molecular weight is 268 g/mol. The van der Waals surface area contributed by atoms with E-state index in [2.05, 4.69) is 4.98 Å². The molecule has 0 fully saturated rings. The first kappa shape index (κ1) is 12.2. The van der Waals surface area contributed by atoms with Crippen LogP contribution in [0.3, 0.4) is 0 Å². The number of nitrogens with zero attached hydrogens (tertiary/aromatic N) is 2. The first-order valence-electron chi connectivity index (χ1n) is 6.10. The second-order valence-corrected chi connectivity index (χ2v) is 4.52. The zero-order valence-electron chi connectivity index (χ0n) is 10.5. The highest BCUT2D eigenvalue weighted by Gasteiger charge is 2.08. The number of hydrogen-bond acceptors (Lipinski definition) is 4. The van der Waals surface area contributed by atoms with Gasteiger partial charge in [-0.2, -0.15) is 0 Å². The molecule has 2 N–H and O–H groups in total. The molecule has 0 aliphatic rings. The molecule has 0 saturated carbocycles. The second-order valence-electron chi connectivity index (χ2n) is 4.52. The molecule has 0 spiro atoms. The van der Waals surface area contributed by atoms with Gasteiger partial charge in [0.15, 0.2) is 11.5 Å². The predicted molar refractivity (Wildman–Crippen MR) is 74.9 cm³/mol. The molecule has 1 aromatic heterocycles. The van der Waals surface area contributed by atoms with Gasteiger partial charge in [0.2, 0.25) is 0 Å². The van der Waals surface area contributed by atoms with Crippen LogP contribution < -0.4 is 5.56 Å². The Hall–Kier alpha value is -2.82. The van der Waals surface area contributed by atoms with Gasteiger partial charge >= 0.3 is 0 Å². The molecule has 0 amide bonds. The summed E-state index contributed by atoms with van der Waals surface area (Å²) in [5, 5.41) is 19.2. The fourth-order valence-corrected chi connectivity index (χ4v) is 2.08. The molecular weight excluding hydrogens is 256 g/mol. The largest absolute Gasteiger partial charge is 0.504 e. The van der Waals surface area contributed by atoms with E-state index < -0.39 is 0 Å². The molecule has 0 aliphatic carbocycles. The zero-order valence-corrected chi connectivity index (χ0v) is 10.5. The monoisotopic (exact) mass is 268 g/mol. The summed E-state index contributed by atoms with van der Waals surface area (Å²) in [4.78, 5) is 16.5. The Morgan fingerprint density at radius 1 is 1.05 bits per heavy atom. The lowest BCUT2D eigenvalue weighted by atomic mass is 10.2. The number of benzene rings is 2. The molecule has 2 aromatic carbocycles. The number of aromatic nitrogens is 2. The summed E-state index contributed by atoms with van der Waals surface area (Å²) in [5.74, 6) is -0.612. The summed E-state index contributed by atoms with van der Waals surface area (Å²) in [7, 11) is 0. The molecule has 3 rings (SSSR count). The average Bonchev–Trinajstić information content (AvgIpc) is 2.46. The van der Waals surface area contributed by atoms with E-state index in [4.69, 9.17) is 0 Å². The molecule has 20 heavy (non-hydrogen) atoms. The second kappa shape index (κ2) is 4.70. The molecule has 0 unspecified atom stereocenters. The van der Waals surface area contributed by atoms with E-state index in [1.807, 2.05) is 30.3 Å². The molecule has 0 radical (unpaired) electrons. The van der Waals surface area contributed by atoms with Crippen LogP contribution in [0, 0.1) is 0 Å². The maximum atomic E-state index is 12.3. The summed E-state index contributed by atoms with van der Waals surface area (Å²) >= 11 is 0. The number of phenolic OH excluding ortho intramolecular Hbond substituents is 2. The van der Waals surface area contributed by atoms with Crippen LogP contribution in [0.1, 0.15) is 5.56 Å². The van der Waals surface area contributed by atoms with E-state index in [0.717, 1.165) is 5.56 Å². The quantitative estimate of drug-likeness (QED) is 0.695. The Labute approximate surface area is 114 Å². The summed E-state index contributed by atoms with van der Waals surface area (Å²) in [6.07, 6.45) is 1.44. The van der Waals surface area contributed by atoms with Gasteiger partial charge in [0.25, 0.3) is 5.56 Å². The van der Waals surface area contributed by atoms with Crippen molar-refractivity contribution in [2.24, 2.45) is 0 Å². The van der Waals surface area contributed by atoms with E-state index in [1.54, 1.807) is 0 Å². The number of fused-ring (bicyclic) bond motifs is 1. The number of aromatic hydroxyl groups is 2. The predicted octanol–water partition coefficient (Wildman–Crippen LogP) is 1.86. The summed E-state index contributed by atoms with van der Waals surface area (Å²) in [5.41, 5.74) is 1.09. The van der Waals surface area contributed by atoms with E-state index in [0.29, 0.717) is 12.1 Å². The highest BCUT2D eigenvalue weighted by Crippen LogP contribution is 2.27. The molecule has 3 aromatic rings. The van der Waals surface area contributed by atoms with Crippen LogP contribution in [-0.4, -0.2) is 19.8 Å². The van der Waals surface area contributed by atoms with Crippen molar-refractivity contribution in [3.05, 3.63) is 64.7 Å². The molecule has 0 bridgehead atoms. The van der Waals surface area contributed by atoms with Crippen molar-refractivity contribution in [1.82, 2.24) is 9.55 Å². The van der Waals surface area contributed by atoms with Crippen molar-refractivity contribution >= 4 is 10.9 Å². The van der Waals surface area contributed by atoms with Gasteiger partial charge in [0.05, 0.1) is 23.8 Å². The third-order valence-corrected chi connectivity index (χ3v) is 3.12. The Kier molecular flexibility index (Phi) is 2.87. The van der Waals surface area contributed by atoms with Crippen molar-refractivity contribution in [2.75, 3.05) is 0 Å². The fraction of sp³-hybridized carbons (Fsp3) is 0.0667. The Morgan fingerprint density at radius 2 is 1.75 bits per heavy atom. The van der Waals surface area contributed by atoms with Gasteiger partial charge in [-0.25, -0.2) is 4.98 Å². The van der Waals surface area contributed by atoms with Crippen LogP contribution in [0.25, 0.3) is 10.9 Å². The summed E-state index contributed by atoms with van der Waals surface area (Å²) < 4.78 is 1.47. The van der Waals surface area contributed by atoms with Crippen molar-refractivity contribution in [2.45, 2.75) is 6.54 Å². The molecule has 0 aliphatic heterocycles. The molecule has 1 heterocycles. The fourth-order valence-electron chi connectivity index (χ4n) is 2.08. The van der Waals surface area contributed by atoms with E-state index >= 15 is 0 Å². The maximum absolute atomic E-state index is 12.3. The normalized spacial score (nSPS) is 10.8. The van der Waals surface area contributed by atoms with E-state index in [1.165, 1.54) is 23.0 Å². The van der Waals surface area contributed by atoms with Gasteiger partial charge in [0.1, 0.15) is 0 Å². The highest BCUT2D eigenvalue weighted by molar-refractivity contribution is 5.81. The van der Waals surface area contributed by atoms with E-state index in [9.17, 15) is 15.0 Å². The van der Waals surface area contributed by atoms with Crippen LogP contribution in [0.4, 0.5) is 0 Å². The standard InChI is InChI=1S/C15H12N2O3/c18-13-6-11-12(7-14(13)19)16-9-17(15(11)20)8-10-4-2-1-3-5-10/h1-7,9,18-19H,8H2. The minimum absolute atomic E-state index is 0.255. The third kappa shape index (κ3) is 2.09. The van der Waals surface area contributed by atoms with Crippen LogP contribution >= 0.6 is 0 Å². The van der Waals surface area contributed by atoms with Crippen LogP contribution in [0.15, 0.2) is 53.6 Å². The molecule has 5 nitrogen and oxygen atoms in total. The lowest BCUT2D eigenvalue weighted by Gasteiger charge is -2.07. The molecule has 100 valence electrons. The van der Waals surface area contributed by atoms with Crippen LogP contribution in [0.2, 0.25) is 0 Å². The molecule has 0 saturated heterocycles. The van der Waals surface area contributed by atoms with E-state index in [-0.39, 0.29) is 22.4 Å². The minimum Gasteiger partial charge on any atom is -0.504 e. The van der Waals surface area contributed by atoms with Crippen molar-refractivity contribution in [3.63, 3.8) is 0 Å². The number of rotatable bonds is 2. The Balaban J connectivity index is 2.12. The first-order chi connectivity index (χ1) is 9.65. The van der Waals surface area contributed by atoms with Crippen molar-refractivity contribution in [1.29, 1.82) is 0 Å². The van der Waals surface area contributed by atoms with Gasteiger partial charge in [-0.15, -0.1) is 0 Å². The van der Waals surface area contributed by atoms with Crippen molar-refractivity contribution in [3.8, 4) is 11.5 Å². The molecule has 5 heteroatoms. The number of hydrogen-bond donors (Lipinski definition) is 2. The Morgan fingerprint density at radius 3 is 2.50 bits per heavy atom. The van der Waals surface area contributed by atoms with Gasteiger partial charge in [0, 0.05) is 6.07 Å². The molecular formula is C15H12N2O3. The smallest absolute Gasteiger partial charge is 0.261 e. The van der Waals surface area contributed by atoms with Crippen molar-refractivity contribution < 1.29 is 10.2 Å². The highest BCUT2D eigenvalue weighted by atomic mass is 16.3. The van der Waals surface area contributed by atoms with Crippen LogP contribution in [0.5, 0.6) is 11.5 Å². The lowest BCUT2D eigenvalue weighted by molar-refractivity contribution is 0.404. The third-order valence-electron chi connectivity index (χ3n) is 3.12. The van der Waals surface area contributed by atoms with Gasteiger partial charge < -0.3 is 10.2 Å². The van der Waals surface area contributed by atoms with Gasteiger partial charge in [-0.1, -0.05) is 30.3 Å². The summed E-state index contributed by atoms with van der Waals surface area (Å²) in [6.45, 7) is 0.407. The SMILES string of the molecule is O=c1c2cc(O)c(O)cc2ncn1Cc1ccccc1. The van der Waals surface area contributed by atoms with Gasteiger partial charge in [-0.05, 0) is 11.6 Å². The lowest BCUT2D eigenvalue weighted by Crippen LogP contribution is -2.21. The van der Waals surface area contributed by atoms with Crippen LogP contribution in [-0.2, 0) is 6.54 Å². The minimum atomic E-state index is -0.325. The number of phenols is 2. The maximum Gasteiger partial charge on any atom is 0.261 e. The van der Waals surface area contributed by atoms with Gasteiger partial charge in [-0.3, -0.25) is 9.36 Å². The summed E-state index contributed by atoms with van der Waals surface area (Å²) in [6, 6.07) is 12.1. The topological polar surface area (TPSA) is 75.3 Å². The Bertz CT molecular complexity index is 826. The zero-order chi connectivity index (χ0) is 14.1. The molecule has 0 atom stereocenters. The first-order valence-corrected chi connectivity index (χ1v) is 6.10.